The molecule has 22 heavy (non-hydrogen) atoms. The summed E-state index contributed by atoms with van der Waals surface area (Å²) in [5.74, 6) is -0.890. The fourth-order valence-electron chi connectivity index (χ4n) is 3.30. The van der Waals surface area contributed by atoms with Gasteiger partial charge in [0.15, 0.2) is 0 Å². The van der Waals surface area contributed by atoms with E-state index in [0.29, 0.717) is 6.54 Å². The van der Waals surface area contributed by atoms with Crippen molar-refractivity contribution in [1.82, 2.24) is 9.97 Å². The summed E-state index contributed by atoms with van der Waals surface area (Å²) in [6, 6.07) is 1.43. The van der Waals surface area contributed by atoms with Crippen LogP contribution in [0.2, 0.25) is 5.15 Å². The Balaban J connectivity index is 2.29. The summed E-state index contributed by atoms with van der Waals surface area (Å²) in [4.78, 5) is 8.91. The van der Waals surface area contributed by atoms with Gasteiger partial charge in [0.25, 0.3) is 0 Å². The van der Waals surface area contributed by atoms with Crippen LogP contribution in [0.25, 0.3) is 0 Å². The summed E-state index contributed by atoms with van der Waals surface area (Å²) in [5.41, 5.74) is 0.156. The van der Waals surface area contributed by atoms with E-state index < -0.39 is 12.0 Å². The lowest BCUT2D eigenvalue weighted by atomic mass is 9.74. The molecule has 0 amide bonds. The molecule has 0 saturated carbocycles. The monoisotopic (exact) mass is 335 g/mol. The summed E-state index contributed by atoms with van der Waals surface area (Å²) in [7, 11) is 0. The Labute approximate surface area is 133 Å². The molecule has 0 aromatic carbocycles. The Morgan fingerprint density at radius 2 is 2.05 bits per heavy atom. The maximum Gasteiger partial charge on any atom is 0.451 e. The van der Waals surface area contributed by atoms with Crippen LogP contribution >= 0.6 is 11.6 Å². The predicted molar refractivity (Wildman–Crippen MR) is 81.1 cm³/mol. The lowest BCUT2D eigenvalue weighted by Gasteiger charge is -2.43. The van der Waals surface area contributed by atoms with Gasteiger partial charge in [0, 0.05) is 19.2 Å². The molecule has 0 spiro atoms. The largest absolute Gasteiger partial charge is 0.451 e. The summed E-state index contributed by atoms with van der Waals surface area (Å²) in [6.45, 7) is 5.71. The van der Waals surface area contributed by atoms with Crippen LogP contribution in [0.3, 0.4) is 0 Å². The number of anilines is 1. The Bertz CT molecular complexity index is 517. The number of hydrogen-bond donors (Lipinski definition) is 0. The summed E-state index contributed by atoms with van der Waals surface area (Å²) in [6.07, 6.45) is 0.642. The zero-order valence-electron chi connectivity index (χ0n) is 12.9. The number of hydrogen-bond acceptors (Lipinski definition) is 3. The van der Waals surface area contributed by atoms with Crippen molar-refractivity contribution in [3.63, 3.8) is 0 Å². The van der Waals surface area contributed by atoms with E-state index in [9.17, 15) is 13.2 Å². The van der Waals surface area contributed by atoms with Gasteiger partial charge < -0.3 is 4.90 Å². The first kappa shape index (κ1) is 17.3. The molecular weight excluding hydrogens is 315 g/mol. The molecule has 2 rings (SSSR count). The maximum atomic E-state index is 12.9. The third-order valence-electron chi connectivity index (χ3n) is 4.45. The average molecular weight is 336 g/mol. The van der Waals surface area contributed by atoms with Crippen LogP contribution in [-0.4, -0.2) is 23.1 Å². The number of rotatable bonds is 4. The van der Waals surface area contributed by atoms with Crippen LogP contribution in [0.4, 0.5) is 19.0 Å². The second kappa shape index (κ2) is 6.60. The molecule has 0 N–H and O–H groups in total. The lowest BCUT2D eigenvalue weighted by molar-refractivity contribution is -0.144. The summed E-state index contributed by atoms with van der Waals surface area (Å²) in [5, 5.41) is -0.166. The molecule has 1 aromatic heterocycles. The molecule has 1 aliphatic rings. The number of halogens is 4. The highest BCUT2D eigenvalue weighted by Crippen LogP contribution is 2.39. The molecule has 1 saturated heterocycles. The van der Waals surface area contributed by atoms with E-state index in [-0.39, 0.29) is 16.4 Å². The standard InChI is InChI=1S/C15H21ClF3N3/c1-3-6-14(4-2)7-5-8-22(10-14)12-9-11(16)20-13(21-12)15(17,18)19/h9H,3-8,10H2,1-2H3. The van der Waals surface area contributed by atoms with Crippen molar-refractivity contribution >= 4 is 17.4 Å². The first-order valence-electron chi connectivity index (χ1n) is 7.66. The first-order chi connectivity index (χ1) is 10.3. The molecule has 1 aliphatic heterocycles. The van der Waals surface area contributed by atoms with E-state index in [1.165, 1.54) is 6.07 Å². The topological polar surface area (TPSA) is 29.0 Å². The SMILES string of the molecule is CCCC1(CC)CCCN(c2cc(Cl)nc(C(F)(F)F)n2)C1. The van der Waals surface area contributed by atoms with Gasteiger partial charge >= 0.3 is 6.18 Å². The molecule has 1 fully saturated rings. The van der Waals surface area contributed by atoms with Gasteiger partial charge in [-0.3, -0.25) is 0 Å². The van der Waals surface area contributed by atoms with Crippen LogP contribution in [0.5, 0.6) is 0 Å². The van der Waals surface area contributed by atoms with E-state index in [1.54, 1.807) is 0 Å². The van der Waals surface area contributed by atoms with Gasteiger partial charge in [-0.1, -0.05) is 31.9 Å². The van der Waals surface area contributed by atoms with E-state index in [0.717, 1.165) is 38.6 Å². The van der Waals surface area contributed by atoms with E-state index in [1.807, 2.05) is 4.90 Å². The van der Waals surface area contributed by atoms with Gasteiger partial charge in [-0.15, -0.1) is 0 Å². The zero-order chi connectivity index (χ0) is 16.4. The van der Waals surface area contributed by atoms with Crippen molar-refractivity contribution in [3.8, 4) is 0 Å². The minimum absolute atomic E-state index is 0.156. The lowest BCUT2D eigenvalue weighted by Crippen LogP contribution is -2.43. The predicted octanol–water partition coefficient (Wildman–Crippen LogP) is 4.95. The van der Waals surface area contributed by atoms with Crippen molar-refractivity contribution in [2.45, 2.75) is 52.1 Å². The van der Waals surface area contributed by atoms with Crippen molar-refractivity contribution in [1.29, 1.82) is 0 Å². The first-order valence-corrected chi connectivity index (χ1v) is 8.04. The van der Waals surface area contributed by atoms with Crippen LogP contribution in [-0.2, 0) is 6.18 Å². The Kier molecular flexibility index (Phi) is 5.20. The molecular formula is C15H21ClF3N3. The quantitative estimate of drug-likeness (QED) is 0.729. The van der Waals surface area contributed by atoms with Crippen molar-refractivity contribution in [3.05, 3.63) is 17.0 Å². The van der Waals surface area contributed by atoms with Crippen LogP contribution in [0.1, 0.15) is 51.8 Å². The second-order valence-corrected chi connectivity index (χ2v) is 6.39. The third kappa shape index (κ3) is 3.83. The molecule has 0 bridgehead atoms. The number of nitrogens with zero attached hydrogens (tertiary/aromatic N) is 3. The van der Waals surface area contributed by atoms with E-state index in [4.69, 9.17) is 11.6 Å². The highest BCUT2D eigenvalue weighted by atomic mass is 35.5. The molecule has 0 aliphatic carbocycles. The van der Waals surface area contributed by atoms with Gasteiger partial charge in [-0.25, -0.2) is 9.97 Å². The minimum Gasteiger partial charge on any atom is -0.356 e. The summed E-state index contributed by atoms with van der Waals surface area (Å²) >= 11 is 5.76. The molecule has 7 heteroatoms. The van der Waals surface area contributed by atoms with Gasteiger partial charge in [0.1, 0.15) is 11.0 Å². The second-order valence-electron chi connectivity index (χ2n) is 6.00. The van der Waals surface area contributed by atoms with E-state index in [2.05, 4.69) is 23.8 Å². The Morgan fingerprint density at radius 1 is 1.32 bits per heavy atom. The zero-order valence-corrected chi connectivity index (χ0v) is 13.6. The van der Waals surface area contributed by atoms with Crippen LogP contribution < -0.4 is 4.90 Å². The van der Waals surface area contributed by atoms with Gasteiger partial charge in [-0.2, -0.15) is 13.2 Å². The molecule has 0 radical (unpaired) electrons. The molecule has 1 atom stereocenters. The minimum atomic E-state index is -4.58. The van der Waals surface area contributed by atoms with Crippen molar-refractivity contribution in [2.24, 2.45) is 5.41 Å². The van der Waals surface area contributed by atoms with Crippen LogP contribution in [0.15, 0.2) is 6.07 Å². The summed E-state index contributed by atoms with van der Waals surface area (Å²) < 4.78 is 38.6. The normalized spacial score (nSPS) is 22.9. The van der Waals surface area contributed by atoms with E-state index >= 15 is 0 Å². The third-order valence-corrected chi connectivity index (χ3v) is 4.64. The highest BCUT2D eigenvalue weighted by molar-refractivity contribution is 6.29. The van der Waals surface area contributed by atoms with Gasteiger partial charge in [0.05, 0.1) is 0 Å². The smallest absolute Gasteiger partial charge is 0.356 e. The van der Waals surface area contributed by atoms with Gasteiger partial charge in [-0.05, 0) is 31.1 Å². The van der Waals surface area contributed by atoms with Gasteiger partial charge in [0.2, 0.25) is 5.82 Å². The van der Waals surface area contributed by atoms with Crippen molar-refractivity contribution < 1.29 is 13.2 Å². The fourth-order valence-corrected chi connectivity index (χ4v) is 3.48. The molecule has 2 heterocycles. The molecule has 1 aromatic rings. The Hall–Kier alpha value is -1.04. The maximum absolute atomic E-state index is 12.9. The molecule has 1 unspecified atom stereocenters. The average Bonchev–Trinajstić information content (AvgIpc) is 2.46. The number of piperidine rings is 1. The fraction of sp³-hybridized carbons (Fsp3) is 0.733. The Morgan fingerprint density at radius 3 is 2.64 bits per heavy atom. The molecule has 3 nitrogen and oxygen atoms in total. The number of aromatic nitrogens is 2. The molecule has 124 valence electrons. The van der Waals surface area contributed by atoms with Crippen LogP contribution in [0, 0.1) is 5.41 Å². The van der Waals surface area contributed by atoms with Crippen molar-refractivity contribution in [2.75, 3.05) is 18.0 Å². The highest BCUT2D eigenvalue weighted by Gasteiger charge is 2.37. The number of alkyl halides is 3.